The van der Waals surface area contributed by atoms with Gasteiger partial charge >= 0.3 is 0 Å². The lowest BCUT2D eigenvalue weighted by Crippen LogP contribution is -2.15. The molecule has 146 valence electrons. The van der Waals surface area contributed by atoms with Crippen LogP contribution >= 0.6 is 11.8 Å². The average molecular weight is 417 g/mol. The molecule has 3 rings (SSSR count). The summed E-state index contributed by atoms with van der Waals surface area (Å²) in [6, 6.07) is 16.1. The number of thioether (sulfide) groups is 1. The van der Waals surface area contributed by atoms with Crippen molar-refractivity contribution in [1.82, 2.24) is 14.8 Å². The van der Waals surface area contributed by atoms with Gasteiger partial charge in [0.2, 0.25) is 5.91 Å². The fraction of sp³-hybridized carbons (Fsp3) is 0.211. The molecule has 0 bridgehead atoms. The van der Waals surface area contributed by atoms with Crippen molar-refractivity contribution in [2.45, 2.75) is 23.5 Å². The number of aryl methyl sites for hydroxylation is 1. The van der Waals surface area contributed by atoms with E-state index >= 15 is 0 Å². The van der Waals surface area contributed by atoms with E-state index in [1.54, 1.807) is 12.1 Å². The largest absolute Gasteiger partial charge is 0.325 e. The van der Waals surface area contributed by atoms with Crippen molar-refractivity contribution in [2.24, 2.45) is 0 Å². The second-order valence-corrected chi connectivity index (χ2v) is 9.20. The highest BCUT2D eigenvalue weighted by atomic mass is 32.2. The minimum Gasteiger partial charge on any atom is -0.325 e. The second-order valence-electron chi connectivity index (χ2n) is 6.24. The van der Waals surface area contributed by atoms with Crippen LogP contribution in [0, 0.1) is 6.92 Å². The lowest BCUT2D eigenvalue weighted by atomic mass is 10.2. The maximum absolute atomic E-state index is 12.3. The number of sulfone groups is 1. The van der Waals surface area contributed by atoms with Crippen LogP contribution in [-0.2, 0) is 21.2 Å². The van der Waals surface area contributed by atoms with Crippen molar-refractivity contribution in [1.29, 1.82) is 0 Å². The Hall–Kier alpha value is -2.65. The summed E-state index contributed by atoms with van der Waals surface area (Å²) < 4.78 is 25.2. The lowest BCUT2D eigenvalue weighted by Gasteiger charge is -2.09. The molecule has 1 heterocycles. The SMILES string of the molecule is Cc1nnc(SCC(=O)Nc2cccc(S(C)(=O)=O)c2)n1Cc1ccccc1. The van der Waals surface area contributed by atoms with E-state index in [2.05, 4.69) is 15.5 Å². The number of carbonyl (C=O) groups excluding carboxylic acids is 1. The van der Waals surface area contributed by atoms with Crippen LogP contribution in [0.2, 0.25) is 0 Å². The molecule has 9 heteroatoms. The number of nitrogens with one attached hydrogen (secondary N) is 1. The molecule has 0 atom stereocenters. The summed E-state index contributed by atoms with van der Waals surface area (Å²) in [6.45, 7) is 2.50. The highest BCUT2D eigenvalue weighted by Crippen LogP contribution is 2.20. The molecule has 1 N–H and O–H groups in total. The molecule has 0 aliphatic rings. The minimum atomic E-state index is -3.33. The smallest absolute Gasteiger partial charge is 0.234 e. The summed E-state index contributed by atoms with van der Waals surface area (Å²) in [7, 11) is -3.33. The van der Waals surface area contributed by atoms with E-state index in [9.17, 15) is 13.2 Å². The van der Waals surface area contributed by atoms with Crippen molar-refractivity contribution < 1.29 is 13.2 Å². The molecule has 0 fully saturated rings. The van der Waals surface area contributed by atoms with Crippen LogP contribution in [0.25, 0.3) is 0 Å². The van der Waals surface area contributed by atoms with Gasteiger partial charge in [0, 0.05) is 11.9 Å². The van der Waals surface area contributed by atoms with Crippen LogP contribution in [0.3, 0.4) is 0 Å². The van der Waals surface area contributed by atoms with Gasteiger partial charge in [-0.3, -0.25) is 4.79 Å². The monoisotopic (exact) mass is 416 g/mol. The fourth-order valence-corrected chi connectivity index (χ4v) is 4.00. The van der Waals surface area contributed by atoms with Gasteiger partial charge in [0.1, 0.15) is 5.82 Å². The molecule has 1 aromatic heterocycles. The third kappa shape index (κ3) is 5.20. The summed E-state index contributed by atoms with van der Waals surface area (Å²) in [4.78, 5) is 12.4. The Labute approximate surface area is 168 Å². The van der Waals surface area contributed by atoms with E-state index < -0.39 is 9.84 Å². The maximum Gasteiger partial charge on any atom is 0.234 e. The summed E-state index contributed by atoms with van der Waals surface area (Å²) in [5, 5.41) is 11.6. The first-order valence-corrected chi connectivity index (χ1v) is 11.4. The van der Waals surface area contributed by atoms with E-state index in [0.29, 0.717) is 17.4 Å². The van der Waals surface area contributed by atoms with E-state index in [1.807, 2.05) is 41.8 Å². The van der Waals surface area contributed by atoms with Crippen LogP contribution < -0.4 is 5.32 Å². The van der Waals surface area contributed by atoms with Crippen molar-refractivity contribution in [3.8, 4) is 0 Å². The zero-order valence-electron chi connectivity index (χ0n) is 15.5. The molecule has 0 aliphatic heterocycles. The maximum atomic E-state index is 12.3. The standard InChI is InChI=1S/C19H20N4O3S2/c1-14-21-22-19(23(14)12-15-7-4-3-5-8-15)27-13-18(24)20-16-9-6-10-17(11-16)28(2,25)26/h3-11H,12-13H2,1-2H3,(H,20,24). The Morgan fingerprint density at radius 3 is 2.57 bits per heavy atom. The Bertz CT molecular complexity index is 1080. The molecule has 2 aromatic carbocycles. The van der Waals surface area contributed by atoms with Gasteiger partial charge < -0.3 is 9.88 Å². The first-order valence-electron chi connectivity index (χ1n) is 8.49. The molecule has 0 unspecified atom stereocenters. The van der Waals surface area contributed by atoms with Gasteiger partial charge in [0.15, 0.2) is 15.0 Å². The minimum absolute atomic E-state index is 0.135. The van der Waals surface area contributed by atoms with Gasteiger partial charge in [-0.25, -0.2) is 8.42 Å². The zero-order chi connectivity index (χ0) is 20.1. The van der Waals surface area contributed by atoms with E-state index in [4.69, 9.17) is 0 Å². The van der Waals surface area contributed by atoms with Crippen LogP contribution in [0.15, 0.2) is 64.6 Å². The van der Waals surface area contributed by atoms with Crippen LogP contribution in [0.5, 0.6) is 0 Å². The first-order chi connectivity index (χ1) is 13.3. The van der Waals surface area contributed by atoms with Crippen LogP contribution in [0.4, 0.5) is 5.69 Å². The quantitative estimate of drug-likeness (QED) is 0.595. The predicted octanol–water partition coefficient (Wildman–Crippen LogP) is 2.77. The number of nitrogens with zero attached hydrogens (tertiary/aromatic N) is 3. The van der Waals surface area contributed by atoms with E-state index in [1.165, 1.54) is 23.9 Å². The number of benzene rings is 2. The number of amides is 1. The molecule has 0 aliphatic carbocycles. The van der Waals surface area contributed by atoms with Crippen LogP contribution in [-0.4, -0.2) is 41.1 Å². The first kappa shape index (κ1) is 20.1. The normalized spacial score (nSPS) is 11.4. The number of anilines is 1. The van der Waals surface area contributed by atoms with Gasteiger partial charge in [-0.2, -0.15) is 0 Å². The van der Waals surface area contributed by atoms with Gasteiger partial charge in [-0.1, -0.05) is 48.2 Å². The van der Waals surface area contributed by atoms with Gasteiger partial charge in [-0.15, -0.1) is 10.2 Å². The Morgan fingerprint density at radius 2 is 1.86 bits per heavy atom. The summed E-state index contributed by atoms with van der Waals surface area (Å²) in [5.41, 5.74) is 1.56. The zero-order valence-corrected chi connectivity index (χ0v) is 17.1. The Balaban J connectivity index is 1.64. The lowest BCUT2D eigenvalue weighted by molar-refractivity contribution is -0.113. The molecule has 7 nitrogen and oxygen atoms in total. The molecule has 0 radical (unpaired) electrons. The number of carbonyl (C=O) groups is 1. The third-order valence-corrected chi connectivity index (χ3v) is 6.04. The van der Waals surface area contributed by atoms with Crippen molar-refractivity contribution in [2.75, 3.05) is 17.3 Å². The number of hydrogen-bond donors (Lipinski definition) is 1. The summed E-state index contributed by atoms with van der Waals surface area (Å²) in [5.74, 6) is 0.658. The third-order valence-electron chi connectivity index (χ3n) is 3.96. The van der Waals surface area contributed by atoms with E-state index in [-0.39, 0.29) is 16.6 Å². The fourth-order valence-electron chi connectivity index (χ4n) is 2.55. The molecular weight excluding hydrogens is 396 g/mol. The van der Waals surface area contributed by atoms with Gasteiger partial charge in [-0.05, 0) is 30.7 Å². The highest BCUT2D eigenvalue weighted by molar-refractivity contribution is 7.99. The number of rotatable bonds is 7. The van der Waals surface area contributed by atoms with Gasteiger partial charge in [0.05, 0.1) is 17.2 Å². The molecule has 0 spiro atoms. The highest BCUT2D eigenvalue weighted by Gasteiger charge is 2.13. The topological polar surface area (TPSA) is 94.0 Å². The van der Waals surface area contributed by atoms with E-state index in [0.717, 1.165) is 17.6 Å². The molecular formula is C19H20N4O3S2. The van der Waals surface area contributed by atoms with Gasteiger partial charge in [0.25, 0.3) is 0 Å². The van der Waals surface area contributed by atoms with Crippen LogP contribution in [0.1, 0.15) is 11.4 Å². The number of aromatic nitrogens is 3. The molecule has 1 amide bonds. The summed E-state index contributed by atoms with van der Waals surface area (Å²) in [6.07, 6.45) is 1.13. The molecule has 0 saturated carbocycles. The Morgan fingerprint density at radius 1 is 1.11 bits per heavy atom. The molecule has 3 aromatic rings. The summed E-state index contributed by atoms with van der Waals surface area (Å²) >= 11 is 1.28. The number of hydrogen-bond acceptors (Lipinski definition) is 6. The Kier molecular flexibility index (Phi) is 6.15. The average Bonchev–Trinajstić information content (AvgIpc) is 3.00. The predicted molar refractivity (Wildman–Crippen MR) is 109 cm³/mol. The molecule has 28 heavy (non-hydrogen) atoms. The van der Waals surface area contributed by atoms with Crippen molar-refractivity contribution in [3.63, 3.8) is 0 Å². The van der Waals surface area contributed by atoms with Crippen molar-refractivity contribution in [3.05, 3.63) is 66.0 Å². The molecule has 0 saturated heterocycles. The van der Waals surface area contributed by atoms with Crippen molar-refractivity contribution >= 4 is 33.2 Å². The second kappa shape index (κ2) is 8.57.